The zero-order valence-electron chi connectivity index (χ0n) is 14.7. The van der Waals surface area contributed by atoms with Gasteiger partial charge in [0.2, 0.25) is 5.91 Å². The number of hydrogen-bond acceptors (Lipinski definition) is 2. The SMILES string of the molecule is CCCN(CC1CC1)C(=O)C=Cc1c(C)nn(CC(C)C)c1Cl. The molecule has 4 nitrogen and oxygen atoms in total. The third-order valence-corrected chi connectivity index (χ3v) is 4.42. The fraction of sp³-hybridized carbons (Fsp3) is 0.667. The van der Waals surface area contributed by atoms with Gasteiger partial charge in [-0.3, -0.25) is 9.48 Å². The summed E-state index contributed by atoms with van der Waals surface area (Å²) in [5.74, 6) is 1.26. The quantitative estimate of drug-likeness (QED) is 0.668. The number of amides is 1. The molecule has 0 spiro atoms. The summed E-state index contributed by atoms with van der Waals surface area (Å²) in [6, 6.07) is 0. The van der Waals surface area contributed by atoms with Crippen molar-refractivity contribution in [3.05, 3.63) is 22.5 Å². The first-order valence-corrected chi connectivity index (χ1v) is 9.00. The molecule has 23 heavy (non-hydrogen) atoms. The van der Waals surface area contributed by atoms with E-state index >= 15 is 0 Å². The predicted molar refractivity (Wildman–Crippen MR) is 95.4 cm³/mol. The standard InChI is InChI=1S/C18H28ClN3O/c1-5-10-21(12-15-6-7-15)17(23)9-8-16-14(4)20-22(18(16)19)11-13(2)3/h8-9,13,15H,5-7,10-12H2,1-4H3. The number of carbonyl (C=O) groups is 1. The van der Waals surface area contributed by atoms with Crippen molar-refractivity contribution >= 4 is 23.6 Å². The van der Waals surface area contributed by atoms with E-state index in [4.69, 9.17) is 11.6 Å². The molecule has 0 saturated heterocycles. The van der Waals surface area contributed by atoms with E-state index in [0.29, 0.717) is 17.0 Å². The lowest BCUT2D eigenvalue weighted by Crippen LogP contribution is -2.32. The van der Waals surface area contributed by atoms with E-state index in [0.717, 1.165) is 37.3 Å². The van der Waals surface area contributed by atoms with Gasteiger partial charge >= 0.3 is 0 Å². The summed E-state index contributed by atoms with van der Waals surface area (Å²) < 4.78 is 1.82. The Morgan fingerprint density at radius 3 is 2.74 bits per heavy atom. The zero-order valence-corrected chi connectivity index (χ0v) is 15.4. The number of halogens is 1. The summed E-state index contributed by atoms with van der Waals surface area (Å²) in [6.45, 7) is 10.8. The van der Waals surface area contributed by atoms with Crippen molar-refractivity contribution in [2.24, 2.45) is 11.8 Å². The number of aryl methyl sites for hydroxylation is 1. The molecular weight excluding hydrogens is 310 g/mol. The maximum atomic E-state index is 12.4. The molecule has 128 valence electrons. The minimum absolute atomic E-state index is 0.0748. The van der Waals surface area contributed by atoms with Crippen LogP contribution in [-0.2, 0) is 11.3 Å². The highest BCUT2D eigenvalue weighted by Gasteiger charge is 2.25. The van der Waals surface area contributed by atoms with E-state index in [9.17, 15) is 4.79 Å². The van der Waals surface area contributed by atoms with Crippen LogP contribution < -0.4 is 0 Å². The van der Waals surface area contributed by atoms with Gasteiger partial charge in [-0.25, -0.2) is 0 Å². The van der Waals surface area contributed by atoms with Crippen LogP contribution in [0.5, 0.6) is 0 Å². The van der Waals surface area contributed by atoms with E-state index in [-0.39, 0.29) is 5.91 Å². The van der Waals surface area contributed by atoms with Crippen molar-refractivity contribution in [3.8, 4) is 0 Å². The number of carbonyl (C=O) groups excluding carboxylic acids is 1. The molecule has 1 aromatic rings. The van der Waals surface area contributed by atoms with Gasteiger partial charge < -0.3 is 4.90 Å². The van der Waals surface area contributed by atoms with Gasteiger partial charge in [0.25, 0.3) is 0 Å². The molecule has 5 heteroatoms. The van der Waals surface area contributed by atoms with Gasteiger partial charge in [-0.2, -0.15) is 5.10 Å². The van der Waals surface area contributed by atoms with Crippen LogP contribution in [0.25, 0.3) is 6.08 Å². The Labute approximate surface area is 144 Å². The third kappa shape index (κ3) is 5.10. The fourth-order valence-corrected chi connectivity index (χ4v) is 2.96. The lowest BCUT2D eigenvalue weighted by Gasteiger charge is -2.20. The molecule has 1 aliphatic rings. The Morgan fingerprint density at radius 1 is 1.48 bits per heavy atom. The van der Waals surface area contributed by atoms with Crippen LogP contribution in [0, 0.1) is 18.8 Å². The van der Waals surface area contributed by atoms with Crippen LogP contribution in [0.3, 0.4) is 0 Å². The van der Waals surface area contributed by atoms with Gasteiger partial charge in [0.1, 0.15) is 5.15 Å². The second-order valence-corrected chi connectivity index (χ2v) is 7.28. The summed E-state index contributed by atoms with van der Waals surface area (Å²) in [6.07, 6.45) is 6.96. The van der Waals surface area contributed by atoms with E-state index in [1.54, 1.807) is 6.08 Å². The summed E-state index contributed by atoms with van der Waals surface area (Å²) in [5.41, 5.74) is 1.72. The Balaban J connectivity index is 2.08. The highest BCUT2D eigenvalue weighted by atomic mass is 35.5. The molecule has 0 aromatic carbocycles. The lowest BCUT2D eigenvalue weighted by atomic mass is 10.2. The average Bonchev–Trinajstić information content (AvgIpc) is 3.25. The lowest BCUT2D eigenvalue weighted by molar-refractivity contribution is -0.126. The molecule has 0 radical (unpaired) electrons. The van der Waals surface area contributed by atoms with Gasteiger partial charge in [0.15, 0.2) is 0 Å². The van der Waals surface area contributed by atoms with Crippen LogP contribution in [-0.4, -0.2) is 33.7 Å². The second-order valence-electron chi connectivity index (χ2n) is 6.93. The Bertz CT molecular complexity index is 573. The minimum Gasteiger partial charge on any atom is -0.339 e. The first kappa shape index (κ1) is 18.1. The fourth-order valence-electron chi connectivity index (χ4n) is 2.66. The van der Waals surface area contributed by atoms with Gasteiger partial charge in [0.05, 0.1) is 5.69 Å². The van der Waals surface area contributed by atoms with E-state index in [1.807, 2.05) is 22.6 Å². The Morgan fingerprint density at radius 2 is 2.17 bits per heavy atom. The van der Waals surface area contributed by atoms with Crippen LogP contribution in [0.15, 0.2) is 6.08 Å². The molecule has 1 aliphatic carbocycles. The van der Waals surface area contributed by atoms with Crippen molar-refractivity contribution in [3.63, 3.8) is 0 Å². The van der Waals surface area contributed by atoms with Crippen molar-refractivity contribution in [1.82, 2.24) is 14.7 Å². The maximum absolute atomic E-state index is 12.4. The molecule has 2 rings (SSSR count). The highest BCUT2D eigenvalue weighted by Crippen LogP contribution is 2.30. The second kappa shape index (κ2) is 8.00. The summed E-state index contributed by atoms with van der Waals surface area (Å²) in [7, 11) is 0. The average molecular weight is 338 g/mol. The molecule has 0 bridgehead atoms. The molecule has 0 aliphatic heterocycles. The van der Waals surface area contributed by atoms with Gasteiger partial charge in [-0.1, -0.05) is 32.4 Å². The van der Waals surface area contributed by atoms with Crippen LogP contribution in [0.2, 0.25) is 5.15 Å². The molecule has 1 heterocycles. The Kier molecular flexibility index (Phi) is 6.28. The molecule has 1 fully saturated rings. The molecule has 1 amide bonds. The van der Waals surface area contributed by atoms with Crippen LogP contribution >= 0.6 is 11.6 Å². The zero-order chi connectivity index (χ0) is 17.0. The number of rotatable bonds is 8. The maximum Gasteiger partial charge on any atom is 0.246 e. The minimum atomic E-state index is 0.0748. The first-order chi connectivity index (χ1) is 10.9. The number of hydrogen-bond donors (Lipinski definition) is 0. The van der Waals surface area contributed by atoms with Crippen molar-refractivity contribution in [1.29, 1.82) is 0 Å². The Hall–Kier alpha value is -1.29. The first-order valence-electron chi connectivity index (χ1n) is 8.62. The molecule has 0 N–H and O–H groups in total. The molecule has 1 saturated carbocycles. The number of nitrogens with zero attached hydrogens (tertiary/aromatic N) is 3. The number of aromatic nitrogens is 2. The third-order valence-electron chi connectivity index (χ3n) is 4.02. The van der Waals surface area contributed by atoms with Crippen molar-refractivity contribution in [2.75, 3.05) is 13.1 Å². The molecule has 0 atom stereocenters. The molecular formula is C18H28ClN3O. The predicted octanol–water partition coefficient (Wildman–Crippen LogP) is 4.16. The smallest absolute Gasteiger partial charge is 0.246 e. The normalized spacial score (nSPS) is 14.9. The van der Waals surface area contributed by atoms with E-state index in [2.05, 4.69) is 25.9 Å². The van der Waals surface area contributed by atoms with Crippen LogP contribution in [0.4, 0.5) is 0 Å². The van der Waals surface area contributed by atoms with Gasteiger partial charge in [-0.05, 0) is 44.1 Å². The summed E-state index contributed by atoms with van der Waals surface area (Å²) >= 11 is 6.42. The highest BCUT2D eigenvalue weighted by molar-refractivity contribution is 6.31. The summed E-state index contributed by atoms with van der Waals surface area (Å²) in [5, 5.41) is 5.09. The van der Waals surface area contributed by atoms with Gasteiger partial charge in [0, 0.05) is 31.3 Å². The van der Waals surface area contributed by atoms with E-state index < -0.39 is 0 Å². The van der Waals surface area contributed by atoms with Crippen molar-refractivity contribution < 1.29 is 4.79 Å². The topological polar surface area (TPSA) is 38.1 Å². The monoisotopic (exact) mass is 337 g/mol. The van der Waals surface area contributed by atoms with Crippen molar-refractivity contribution in [2.45, 2.75) is 53.5 Å². The van der Waals surface area contributed by atoms with Crippen LogP contribution in [0.1, 0.15) is 51.3 Å². The largest absolute Gasteiger partial charge is 0.339 e. The van der Waals surface area contributed by atoms with E-state index in [1.165, 1.54) is 12.8 Å². The molecule has 1 aromatic heterocycles. The molecule has 0 unspecified atom stereocenters. The summed E-state index contributed by atoms with van der Waals surface area (Å²) in [4.78, 5) is 14.4. The van der Waals surface area contributed by atoms with Gasteiger partial charge in [-0.15, -0.1) is 0 Å².